The molecule has 6 heteroatoms. The number of rotatable bonds is 9. The van der Waals surface area contributed by atoms with E-state index >= 15 is 0 Å². The fraction of sp³-hybridized carbons (Fsp3) is 0.667. The minimum absolute atomic E-state index is 0.0703. The molecule has 0 aliphatic heterocycles. The largest absolute Gasteiger partial charge is 0.480 e. The molecule has 0 radical (unpaired) electrons. The Bertz CT molecular complexity index is 318. The summed E-state index contributed by atoms with van der Waals surface area (Å²) < 4.78 is 10.3. The summed E-state index contributed by atoms with van der Waals surface area (Å²) >= 11 is 0. The zero-order valence-corrected chi connectivity index (χ0v) is 10.4. The third kappa shape index (κ3) is 4.46. The first-order valence-electron chi connectivity index (χ1n) is 5.93. The van der Waals surface area contributed by atoms with Gasteiger partial charge in [0.25, 0.3) is 0 Å². The number of amides is 1. The first-order chi connectivity index (χ1) is 8.60. The molecule has 3 atom stereocenters. The summed E-state index contributed by atoms with van der Waals surface area (Å²) in [5.41, 5.74) is 0. The van der Waals surface area contributed by atoms with Crippen molar-refractivity contribution in [1.82, 2.24) is 5.32 Å². The molecule has 0 aromatic carbocycles. The molecule has 2 N–H and O–H groups in total. The summed E-state index contributed by atoms with van der Waals surface area (Å²) in [6, 6.07) is -1.03. The van der Waals surface area contributed by atoms with Gasteiger partial charge in [-0.15, -0.1) is 6.58 Å². The Balaban J connectivity index is 2.34. The lowest BCUT2D eigenvalue weighted by molar-refractivity contribution is -0.143. The highest BCUT2D eigenvalue weighted by Gasteiger charge is 2.44. The van der Waals surface area contributed by atoms with Crippen molar-refractivity contribution in [2.45, 2.75) is 25.5 Å². The van der Waals surface area contributed by atoms with Gasteiger partial charge in [0.05, 0.1) is 25.2 Å². The van der Waals surface area contributed by atoms with Crippen LogP contribution in [-0.2, 0) is 19.1 Å². The van der Waals surface area contributed by atoms with Crippen LogP contribution in [0.2, 0.25) is 0 Å². The summed E-state index contributed by atoms with van der Waals surface area (Å²) in [6.45, 7) is 6.05. The Labute approximate surface area is 106 Å². The van der Waals surface area contributed by atoms with Crippen molar-refractivity contribution in [2.75, 3.05) is 19.8 Å². The minimum atomic E-state index is -1.11. The van der Waals surface area contributed by atoms with Crippen LogP contribution in [0.25, 0.3) is 0 Å². The maximum atomic E-state index is 11.7. The Morgan fingerprint density at radius 2 is 2.33 bits per heavy atom. The van der Waals surface area contributed by atoms with Crippen LogP contribution >= 0.6 is 0 Å². The number of ether oxygens (including phenoxy) is 2. The molecule has 1 aliphatic rings. The third-order valence-corrected chi connectivity index (χ3v) is 2.58. The molecule has 6 nitrogen and oxygen atoms in total. The molecule has 1 amide bonds. The predicted octanol–water partition coefficient (Wildman–Crippen LogP) is 0.183. The second kappa shape index (κ2) is 7.13. The summed E-state index contributed by atoms with van der Waals surface area (Å²) in [5.74, 6) is -1.63. The van der Waals surface area contributed by atoms with Crippen LogP contribution in [0.1, 0.15) is 13.3 Å². The van der Waals surface area contributed by atoms with Gasteiger partial charge in [-0.3, -0.25) is 4.79 Å². The third-order valence-electron chi connectivity index (χ3n) is 2.58. The number of nitrogens with one attached hydrogen (secondary N) is 1. The predicted molar refractivity (Wildman–Crippen MR) is 64.1 cm³/mol. The quantitative estimate of drug-likeness (QED) is 0.455. The fourth-order valence-corrected chi connectivity index (χ4v) is 1.57. The van der Waals surface area contributed by atoms with E-state index in [1.54, 1.807) is 0 Å². The number of hydrogen-bond donors (Lipinski definition) is 2. The summed E-state index contributed by atoms with van der Waals surface area (Å²) in [4.78, 5) is 22.6. The number of carbonyl (C=O) groups is 2. The molecule has 0 saturated heterocycles. The Hall–Kier alpha value is -1.40. The second-order valence-electron chi connectivity index (χ2n) is 4.06. The number of hydrogen-bond acceptors (Lipinski definition) is 4. The van der Waals surface area contributed by atoms with Gasteiger partial charge in [0.1, 0.15) is 0 Å². The highest BCUT2D eigenvalue weighted by Crippen LogP contribution is 2.33. The number of aliphatic carboxylic acids is 1. The molecule has 3 unspecified atom stereocenters. The van der Waals surface area contributed by atoms with Crippen molar-refractivity contribution in [3.05, 3.63) is 12.7 Å². The highest BCUT2D eigenvalue weighted by molar-refractivity contribution is 5.87. The first-order valence-corrected chi connectivity index (χ1v) is 5.93. The van der Waals surface area contributed by atoms with Gasteiger partial charge in [0, 0.05) is 6.61 Å². The van der Waals surface area contributed by atoms with Gasteiger partial charge in [-0.05, 0) is 13.3 Å². The Morgan fingerprint density at radius 3 is 2.89 bits per heavy atom. The summed E-state index contributed by atoms with van der Waals surface area (Å²) in [6.07, 6.45) is 2.10. The van der Waals surface area contributed by atoms with Crippen molar-refractivity contribution in [3.8, 4) is 0 Å². The number of carbonyl (C=O) groups excluding carboxylic acids is 1. The van der Waals surface area contributed by atoms with E-state index in [4.69, 9.17) is 14.6 Å². The lowest BCUT2D eigenvalue weighted by Gasteiger charge is -2.14. The van der Waals surface area contributed by atoms with E-state index in [-0.39, 0.29) is 31.1 Å². The Morgan fingerprint density at radius 1 is 1.61 bits per heavy atom. The average Bonchev–Trinajstić information content (AvgIpc) is 3.07. The maximum absolute atomic E-state index is 11.7. The van der Waals surface area contributed by atoms with E-state index in [0.717, 1.165) is 0 Å². The van der Waals surface area contributed by atoms with Gasteiger partial charge in [-0.2, -0.15) is 0 Å². The van der Waals surface area contributed by atoms with Gasteiger partial charge in [0.15, 0.2) is 6.04 Å². The highest BCUT2D eigenvalue weighted by atomic mass is 16.5. The van der Waals surface area contributed by atoms with Crippen LogP contribution in [0.15, 0.2) is 12.7 Å². The van der Waals surface area contributed by atoms with E-state index in [1.165, 1.54) is 6.08 Å². The standard InChI is InChI=1S/C12H19NO5/c1-3-5-17-7-9(12(15)16)13-11(14)8-6-10(8)18-4-2/h3,8-10H,1,4-7H2,2H3,(H,13,14)(H,15,16). The van der Waals surface area contributed by atoms with Crippen molar-refractivity contribution >= 4 is 11.9 Å². The minimum Gasteiger partial charge on any atom is -0.480 e. The fourth-order valence-electron chi connectivity index (χ4n) is 1.57. The molecule has 0 bridgehead atoms. The molecule has 1 saturated carbocycles. The molecule has 0 heterocycles. The normalized spacial score (nSPS) is 23.2. The van der Waals surface area contributed by atoms with Crippen LogP contribution < -0.4 is 5.32 Å². The van der Waals surface area contributed by atoms with E-state index in [1.807, 2.05) is 6.92 Å². The molecule has 0 aromatic rings. The number of carboxylic acid groups (broad SMARTS) is 1. The molecule has 1 aliphatic carbocycles. The SMILES string of the molecule is C=CCOCC(NC(=O)C1CC1OCC)C(=O)O. The molecule has 1 rings (SSSR count). The van der Waals surface area contributed by atoms with E-state index < -0.39 is 12.0 Å². The van der Waals surface area contributed by atoms with Gasteiger partial charge in [-0.25, -0.2) is 4.79 Å². The zero-order chi connectivity index (χ0) is 13.5. The lowest BCUT2D eigenvalue weighted by atomic mass is 10.3. The van der Waals surface area contributed by atoms with Crippen LogP contribution in [0.3, 0.4) is 0 Å². The van der Waals surface area contributed by atoms with Gasteiger partial charge in [-0.1, -0.05) is 6.08 Å². The first kappa shape index (κ1) is 14.7. The maximum Gasteiger partial charge on any atom is 0.328 e. The zero-order valence-electron chi connectivity index (χ0n) is 10.4. The van der Waals surface area contributed by atoms with E-state index in [0.29, 0.717) is 13.0 Å². The Kier molecular flexibility index (Phi) is 5.80. The van der Waals surface area contributed by atoms with E-state index in [9.17, 15) is 9.59 Å². The van der Waals surface area contributed by atoms with Crippen molar-refractivity contribution in [2.24, 2.45) is 5.92 Å². The molecule has 0 aromatic heterocycles. The van der Waals surface area contributed by atoms with Gasteiger partial charge >= 0.3 is 5.97 Å². The van der Waals surface area contributed by atoms with Crippen molar-refractivity contribution in [3.63, 3.8) is 0 Å². The topological polar surface area (TPSA) is 84.9 Å². The van der Waals surface area contributed by atoms with Gasteiger partial charge in [0.2, 0.25) is 5.91 Å². The lowest BCUT2D eigenvalue weighted by Crippen LogP contribution is -2.45. The molecule has 102 valence electrons. The summed E-state index contributed by atoms with van der Waals surface area (Å²) in [5, 5.41) is 11.4. The van der Waals surface area contributed by atoms with Crippen LogP contribution in [-0.4, -0.2) is 48.9 Å². The molecular weight excluding hydrogens is 238 g/mol. The van der Waals surface area contributed by atoms with Gasteiger partial charge < -0.3 is 19.9 Å². The molecular formula is C12H19NO5. The second-order valence-corrected chi connectivity index (χ2v) is 4.06. The number of carboxylic acids is 1. The van der Waals surface area contributed by atoms with E-state index in [2.05, 4.69) is 11.9 Å². The average molecular weight is 257 g/mol. The monoisotopic (exact) mass is 257 g/mol. The van der Waals surface area contributed by atoms with Crippen LogP contribution in [0.4, 0.5) is 0 Å². The van der Waals surface area contributed by atoms with Crippen molar-refractivity contribution < 1.29 is 24.2 Å². The molecule has 1 fully saturated rings. The van der Waals surface area contributed by atoms with Crippen LogP contribution in [0, 0.1) is 5.92 Å². The van der Waals surface area contributed by atoms with Crippen LogP contribution in [0.5, 0.6) is 0 Å². The summed E-state index contributed by atoms with van der Waals surface area (Å²) in [7, 11) is 0. The van der Waals surface area contributed by atoms with Crippen molar-refractivity contribution in [1.29, 1.82) is 0 Å². The molecule has 18 heavy (non-hydrogen) atoms. The smallest absolute Gasteiger partial charge is 0.328 e. The molecule has 0 spiro atoms.